The van der Waals surface area contributed by atoms with Crippen molar-refractivity contribution in [3.63, 3.8) is 0 Å². The van der Waals surface area contributed by atoms with Crippen LogP contribution in [0.3, 0.4) is 0 Å². The van der Waals surface area contributed by atoms with E-state index in [1.54, 1.807) is 6.92 Å². The first-order valence-corrected chi connectivity index (χ1v) is 6.91. The summed E-state index contributed by atoms with van der Waals surface area (Å²) < 4.78 is 0. The fourth-order valence-corrected chi connectivity index (χ4v) is 2.67. The van der Waals surface area contributed by atoms with Crippen molar-refractivity contribution in [1.29, 1.82) is 5.26 Å². The van der Waals surface area contributed by atoms with E-state index >= 15 is 0 Å². The standard InChI is InChI=1S/C15H20N4O/c1-11-9-15(14(10-16)12(2)17-11)19-6-4-5-18(7-8-19)13(3)20/h9H,4-8H2,1-3H3. The summed E-state index contributed by atoms with van der Waals surface area (Å²) in [5, 5.41) is 9.35. The largest absolute Gasteiger partial charge is 0.369 e. The fraction of sp³-hybridized carbons (Fsp3) is 0.533. The second-order valence-electron chi connectivity index (χ2n) is 5.20. The van der Waals surface area contributed by atoms with Gasteiger partial charge in [-0.25, -0.2) is 0 Å². The molecule has 2 rings (SSSR count). The van der Waals surface area contributed by atoms with Gasteiger partial charge >= 0.3 is 0 Å². The lowest BCUT2D eigenvalue weighted by atomic mass is 10.1. The van der Waals surface area contributed by atoms with Crippen molar-refractivity contribution in [2.45, 2.75) is 27.2 Å². The lowest BCUT2D eigenvalue weighted by Gasteiger charge is -2.25. The molecule has 0 saturated carbocycles. The summed E-state index contributed by atoms with van der Waals surface area (Å²) in [5.41, 5.74) is 3.29. The SMILES string of the molecule is CC(=O)N1CCCN(c2cc(C)nc(C)c2C#N)CC1. The Morgan fingerprint density at radius 2 is 2.05 bits per heavy atom. The number of carbonyl (C=O) groups excluding carboxylic acids is 1. The van der Waals surface area contributed by atoms with Crippen LogP contribution >= 0.6 is 0 Å². The van der Waals surface area contributed by atoms with Crippen molar-refractivity contribution in [1.82, 2.24) is 9.88 Å². The number of aryl methyl sites for hydroxylation is 2. The van der Waals surface area contributed by atoms with Crippen LogP contribution in [0.4, 0.5) is 5.69 Å². The molecule has 0 atom stereocenters. The third-order valence-corrected chi connectivity index (χ3v) is 3.70. The van der Waals surface area contributed by atoms with Gasteiger partial charge in [-0.3, -0.25) is 9.78 Å². The van der Waals surface area contributed by atoms with Gasteiger partial charge in [-0.05, 0) is 26.3 Å². The molecule has 5 nitrogen and oxygen atoms in total. The lowest BCUT2D eigenvalue weighted by Crippen LogP contribution is -2.34. The molecule has 0 radical (unpaired) electrons. The number of nitrogens with zero attached hydrogens (tertiary/aromatic N) is 4. The number of carbonyl (C=O) groups is 1. The van der Waals surface area contributed by atoms with E-state index in [9.17, 15) is 10.1 Å². The van der Waals surface area contributed by atoms with Crippen molar-refractivity contribution in [3.8, 4) is 6.07 Å². The van der Waals surface area contributed by atoms with E-state index in [0.717, 1.165) is 43.1 Å². The monoisotopic (exact) mass is 272 g/mol. The smallest absolute Gasteiger partial charge is 0.219 e. The van der Waals surface area contributed by atoms with Crippen LogP contribution in [0, 0.1) is 25.2 Å². The molecule has 2 heterocycles. The van der Waals surface area contributed by atoms with E-state index in [2.05, 4.69) is 16.0 Å². The molecule has 1 aliphatic rings. The van der Waals surface area contributed by atoms with Crippen molar-refractivity contribution in [3.05, 3.63) is 23.0 Å². The Morgan fingerprint density at radius 1 is 1.30 bits per heavy atom. The number of hydrogen-bond donors (Lipinski definition) is 0. The van der Waals surface area contributed by atoms with E-state index in [1.807, 2.05) is 24.8 Å². The Hall–Kier alpha value is -2.09. The van der Waals surface area contributed by atoms with Gasteiger partial charge in [0, 0.05) is 38.8 Å². The number of nitriles is 1. The number of anilines is 1. The molecule has 0 N–H and O–H groups in total. The Morgan fingerprint density at radius 3 is 2.70 bits per heavy atom. The van der Waals surface area contributed by atoms with Crippen LogP contribution in [0.2, 0.25) is 0 Å². The summed E-state index contributed by atoms with van der Waals surface area (Å²) in [6.45, 7) is 8.54. The number of pyridine rings is 1. The first kappa shape index (κ1) is 14.3. The molecule has 20 heavy (non-hydrogen) atoms. The van der Waals surface area contributed by atoms with E-state index < -0.39 is 0 Å². The Balaban J connectivity index is 2.28. The summed E-state index contributed by atoms with van der Waals surface area (Å²) in [4.78, 5) is 19.9. The zero-order valence-corrected chi connectivity index (χ0v) is 12.3. The minimum Gasteiger partial charge on any atom is -0.369 e. The van der Waals surface area contributed by atoms with Crippen LogP contribution in [0.25, 0.3) is 0 Å². The van der Waals surface area contributed by atoms with Gasteiger partial charge in [0.2, 0.25) is 5.91 Å². The third kappa shape index (κ3) is 2.90. The molecule has 1 aromatic rings. The molecular weight excluding hydrogens is 252 g/mol. The van der Waals surface area contributed by atoms with E-state index in [0.29, 0.717) is 12.1 Å². The van der Waals surface area contributed by atoms with Crippen LogP contribution in [-0.2, 0) is 4.79 Å². The summed E-state index contributed by atoms with van der Waals surface area (Å²) in [7, 11) is 0. The van der Waals surface area contributed by atoms with Crippen molar-refractivity contribution < 1.29 is 4.79 Å². The van der Waals surface area contributed by atoms with E-state index in [1.165, 1.54) is 0 Å². The molecule has 1 aliphatic heterocycles. The average molecular weight is 272 g/mol. The molecule has 106 valence electrons. The minimum absolute atomic E-state index is 0.120. The van der Waals surface area contributed by atoms with Crippen LogP contribution in [0.1, 0.15) is 30.3 Å². The molecule has 1 fully saturated rings. The minimum atomic E-state index is 0.120. The summed E-state index contributed by atoms with van der Waals surface area (Å²) in [6.07, 6.45) is 0.921. The van der Waals surface area contributed by atoms with Gasteiger partial charge in [-0.15, -0.1) is 0 Å². The van der Waals surface area contributed by atoms with Crippen LogP contribution < -0.4 is 4.90 Å². The first-order valence-electron chi connectivity index (χ1n) is 6.91. The van der Waals surface area contributed by atoms with Crippen molar-refractivity contribution in [2.24, 2.45) is 0 Å². The Kier molecular flexibility index (Phi) is 4.23. The molecular formula is C15H20N4O. The average Bonchev–Trinajstić information content (AvgIpc) is 2.63. The lowest BCUT2D eigenvalue weighted by molar-refractivity contribution is -0.128. The Bertz CT molecular complexity index is 562. The summed E-state index contributed by atoms with van der Waals surface area (Å²) in [6, 6.07) is 4.23. The quantitative estimate of drug-likeness (QED) is 0.779. The molecule has 0 unspecified atom stereocenters. The van der Waals surface area contributed by atoms with Gasteiger partial charge in [-0.2, -0.15) is 5.26 Å². The van der Waals surface area contributed by atoms with Crippen molar-refractivity contribution >= 4 is 11.6 Å². The van der Waals surface area contributed by atoms with E-state index in [4.69, 9.17) is 0 Å². The second-order valence-corrected chi connectivity index (χ2v) is 5.20. The maximum atomic E-state index is 11.5. The predicted molar refractivity (Wildman–Crippen MR) is 77.5 cm³/mol. The number of rotatable bonds is 1. The van der Waals surface area contributed by atoms with Gasteiger partial charge in [0.15, 0.2) is 0 Å². The molecule has 0 aromatic carbocycles. The van der Waals surface area contributed by atoms with Crippen LogP contribution in [0.15, 0.2) is 6.07 Å². The predicted octanol–water partition coefficient (Wildman–Crippen LogP) is 1.63. The summed E-state index contributed by atoms with van der Waals surface area (Å²) in [5.74, 6) is 0.120. The first-order chi connectivity index (χ1) is 9.52. The number of hydrogen-bond acceptors (Lipinski definition) is 4. The highest BCUT2D eigenvalue weighted by molar-refractivity contribution is 5.73. The highest BCUT2D eigenvalue weighted by Crippen LogP contribution is 2.24. The normalized spacial score (nSPS) is 15.7. The number of amides is 1. The molecule has 0 spiro atoms. The van der Waals surface area contributed by atoms with Gasteiger partial charge in [0.25, 0.3) is 0 Å². The van der Waals surface area contributed by atoms with Crippen molar-refractivity contribution in [2.75, 3.05) is 31.1 Å². The fourth-order valence-electron chi connectivity index (χ4n) is 2.67. The Labute approximate surface area is 119 Å². The number of aromatic nitrogens is 1. The van der Waals surface area contributed by atoms with E-state index in [-0.39, 0.29) is 5.91 Å². The highest BCUT2D eigenvalue weighted by atomic mass is 16.2. The van der Waals surface area contributed by atoms with Gasteiger partial charge in [0.05, 0.1) is 16.9 Å². The third-order valence-electron chi connectivity index (χ3n) is 3.70. The zero-order chi connectivity index (χ0) is 14.7. The highest BCUT2D eigenvalue weighted by Gasteiger charge is 2.20. The molecule has 0 bridgehead atoms. The molecule has 5 heteroatoms. The molecule has 1 saturated heterocycles. The molecule has 1 amide bonds. The molecule has 1 aromatic heterocycles. The topological polar surface area (TPSA) is 60.2 Å². The van der Waals surface area contributed by atoms with Crippen LogP contribution in [0.5, 0.6) is 0 Å². The van der Waals surface area contributed by atoms with Gasteiger partial charge in [0.1, 0.15) is 6.07 Å². The summed E-state index contributed by atoms with van der Waals surface area (Å²) >= 11 is 0. The van der Waals surface area contributed by atoms with Gasteiger partial charge < -0.3 is 9.80 Å². The molecule has 0 aliphatic carbocycles. The second kappa shape index (κ2) is 5.91. The van der Waals surface area contributed by atoms with Gasteiger partial charge in [-0.1, -0.05) is 0 Å². The maximum Gasteiger partial charge on any atom is 0.219 e. The maximum absolute atomic E-state index is 11.5. The van der Waals surface area contributed by atoms with Crippen LogP contribution in [-0.4, -0.2) is 42.0 Å². The zero-order valence-electron chi connectivity index (χ0n) is 12.3.